The average molecular weight is 554 g/mol. The Morgan fingerprint density at radius 3 is 2.21 bits per heavy atom. The van der Waals surface area contributed by atoms with Crippen molar-refractivity contribution in [2.75, 3.05) is 10.8 Å². The summed E-state index contributed by atoms with van der Waals surface area (Å²) in [6, 6.07) is 18.0. The Labute approximate surface area is 230 Å². The van der Waals surface area contributed by atoms with Crippen LogP contribution in [0, 0.1) is 19.7 Å². The van der Waals surface area contributed by atoms with Crippen molar-refractivity contribution in [3.63, 3.8) is 0 Å². The molecule has 0 aliphatic heterocycles. The molecule has 3 aromatic carbocycles. The largest absolute Gasteiger partial charge is 0.352 e. The van der Waals surface area contributed by atoms with Crippen LogP contribution >= 0.6 is 0 Å². The third-order valence-corrected chi connectivity index (χ3v) is 8.47. The van der Waals surface area contributed by atoms with Gasteiger partial charge in [0.1, 0.15) is 18.4 Å². The molecule has 0 saturated carbocycles. The first-order valence-electron chi connectivity index (χ1n) is 12.9. The minimum absolute atomic E-state index is 0.0287. The van der Waals surface area contributed by atoms with Crippen LogP contribution < -0.4 is 9.62 Å². The molecule has 3 aromatic rings. The number of anilines is 1. The van der Waals surface area contributed by atoms with Gasteiger partial charge in [-0.25, -0.2) is 12.8 Å². The fraction of sp³-hybridized carbons (Fsp3) is 0.333. The maximum Gasteiger partial charge on any atom is 0.264 e. The first-order valence-corrected chi connectivity index (χ1v) is 14.4. The lowest BCUT2D eigenvalue weighted by atomic mass is 10.1. The van der Waals surface area contributed by atoms with E-state index in [4.69, 9.17) is 0 Å². The quantitative estimate of drug-likeness (QED) is 0.363. The Kier molecular flexibility index (Phi) is 9.86. The number of hydrogen-bond acceptors (Lipinski definition) is 4. The van der Waals surface area contributed by atoms with Gasteiger partial charge in [-0.1, -0.05) is 61.0 Å². The van der Waals surface area contributed by atoms with Gasteiger partial charge < -0.3 is 10.2 Å². The zero-order valence-electron chi connectivity index (χ0n) is 23.0. The van der Waals surface area contributed by atoms with Gasteiger partial charge in [-0.2, -0.15) is 0 Å². The third-order valence-electron chi connectivity index (χ3n) is 6.70. The molecule has 3 rings (SSSR count). The monoisotopic (exact) mass is 553 g/mol. The first kappa shape index (κ1) is 29.8. The summed E-state index contributed by atoms with van der Waals surface area (Å²) in [6.07, 6.45) is 0.690. The zero-order valence-corrected chi connectivity index (χ0v) is 23.8. The highest BCUT2D eigenvalue weighted by Crippen LogP contribution is 2.28. The summed E-state index contributed by atoms with van der Waals surface area (Å²) in [5.74, 6) is -1.56. The number of carbonyl (C=O) groups is 2. The highest BCUT2D eigenvalue weighted by Gasteiger charge is 2.33. The van der Waals surface area contributed by atoms with E-state index in [2.05, 4.69) is 5.32 Å². The summed E-state index contributed by atoms with van der Waals surface area (Å²) in [7, 11) is -4.16. The van der Waals surface area contributed by atoms with Crippen molar-refractivity contribution < 1.29 is 22.4 Å². The lowest BCUT2D eigenvalue weighted by Gasteiger charge is -2.33. The molecule has 208 valence electrons. The Morgan fingerprint density at radius 2 is 1.59 bits per heavy atom. The van der Waals surface area contributed by atoms with Gasteiger partial charge in [0.2, 0.25) is 11.8 Å². The summed E-state index contributed by atoms with van der Waals surface area (Å²) >= 11 is 0. The minimum atomic E-state index is -4.16. The number of aryl methyl sites for hydroxylation is 2. The Hall–Kier alpha value is -3.72. The molecule has 0 bridgehead atoms. The Balaban J connectivity index is 2.06. The lowest BCUT2D eigenvalue weighted by Crippen LogP contribution is -2.52. The predicted molar refractivity (Wildman–Crippen MR) is 151 cm³/mol. The molecule has 2 atom stereocenters. The lowest BCUT2D eigenvalue weighted by molar-refractivity contribution is -0.139. The molecule has 0 saturated heterocycles. The number of amides is 2. The van der Waals surface area contributed by atoms with E-state index in [1.54, 1.807) is 56.3 Å². The number of nitrogens with zero attached hydrogens (tertiary/aromatic N) is 2. The van der Waals surface area contributed by atoms with Crippen LogP contribution in [0.5, 0.6) is 0 Å². The van der Waals surface area contributed by atoms with Crippen molar-refractivity contribution in [3.05, 3.63) is 95.3 Å². The second-order valence-corrected chi connectivity index (χ2v) is 11.6. The van der Waals surface area contributed by atoms with E-state index in [1.165, 1.54) is 29.2 Å². The number of sulfonamides is 1. The van der Waals surface area contributed by atoms with E-state index in [-0.39, 0.29) is 23.0 Å². The molecule has 7 nitrogen and oxygen atoms in total. The standard InChI is InChI=1S/C30H36FN3O4S/c1-6-23(4)32-30(36)24(5)33(19-25-12-10-11-15-27(25)31)29(35)20-34(28-17-16-21(2)18-22(28)3)39(37,38)26-13-8-7-9-14-26/h7-18,23-24H,6,19-20H2,1-5H3,(H,32,36)/t23-,24-/m0/s1. The fourth-order valence-electron chi connectivity index (χ4n) is 4.18. The molecule has 0 aliphatic rings. The second kappa shape index (κ2) is 12.9. The molecule has 0 spiro atoms. The van der Waals surface area contributed by atoms with Crippen molar-refractivity contribution in [2.45, 2.75) is 64.6 Å². The van der Waals surface area contributed by atoms with Crippen LogP contribution in [0.3, 0.4) is 0 Å². The fourth-order valence-corrected chi connectivity index (χ4v) is 5.68. The molecule has 0 radical (unpaired) electrons. The van der Waals surface area contributed by atoms with Gasteiger partial charge in [-0.05, 0) is 63.9 Å². The number of carbonyl (C=O) groups excluding carboxylic acids is 2. The van der Waals surface area contributed by atoms with Gasteiger partial charge in [0, 0.05) is 18.2 Å². The van der Waals surface area contributed by atoms with E-state index in [0.717, 1.165) is 9.87 Å². The van der Waals surface area contributed by atoms with Crippen LogP contribution in [0.1, 0.15) is 43.9 Å². The third kappa shape index (κ3) is 7.23. The highest BCUT2D eigenvalue weighted by atomic mass is 32.2. The number of benzene rings is 3. The molecule has 2 amide bonds. The predicted octanol–water partition coefficient (Wildman–Crippen LogP) is 4.97. The smallest absolute Gasteiger partial charge is 0.264 e. The minimum Gasteiger partial charge on any atom is -0.352 e. The topological polar surface area (TPSA) is 86.8 Å². The molecule has 0 aromatic heterocycles. The van der Waals surface area contributed by atoms with Crippen LogP contribution in [-0.2, 0) is 26.2 Å². The van der Waals surface area contributed by atoms with Crippen LogP contribution in [-0.4, -0.2) is 43.8 Å². The number of rotatable bonds is 11. The van der Waals surface area contributed by atoms with E-state index in [0.29, 0.717) is 17.7 Å². The van der Waals surface area contributed by atoms with Crippen molar-refractivity contribution in [3.8, 4) is 0 Å². The van der Waals surface area contributed by atoms with Crippen LogP contribution in [0.4, 0.5) is 10.1 Å². The number of nitrogens with one attached hydrogen (secondary N) is 1. The van der Waals surface area contributed by atoms with E-state index < -0.39 is 40.2 Å². The van der Waals surface area contributed by atoms with Gasteiger partial charge in [0.25, 0.3) is 10.0 Å². The maximum absolute atomic E-state index is 14.6. The maximum atomic E-state index is 14.6. The number of halogens is 1. The van der Waals surface area contributed by atoms with Crippen LogP contribution in [0.2, 0.25) is 0 Å². The van der Waals surface area contributed by atoms with Gasteiger partial charge >= 0.3 is 0 Å². The summed E-state index contributed by atoms with van der Waals surface area (Å²) in [6.45, 7) is 8.23. The molecule has 9 heteroatoms. The van der Waals surface area contributed by atoms with Gasteiger partial charge in [0.15, 0.2) is 0 Å². The molecule has 39 heavy (non-hydrogen) atoms. The Morgan fingerprint density at radius 1 is 0.949 bits per heavy atom. The zero-order chi connectivity index (χ0) is 28.7. The number of hydrogen-bond donors (Lipinski definition) is 1. The molecular weight excluding hydrogens is 517 g/mol. The summed E-state index contributed by atoms with van der Waals surface area (Å²) < 4.78 is 43.4. The van der Waals surface area contributed by atoms with Crippen LogP contribution in [0.25, 0.3) is 0 Å². The van der Waals surface area contributed by atoms with Crippen LogP contribution in [0.15, 0.2) is 77.7 Å². The molecule has 0 fully saturated rings. The highest BCUT2D eigenvalue weighted by molar-refractivity contribution is 7.92. The van der Waals surface area contributed by atoms with Gasteiger partial charge in [-0.3, -0.25) is 13.9 Å². The molecule has 0 unspecified atom stereocenters. The summed E-state index contributed by atoms with van der Waals surface area (Å²) in [5, 5.41) is 2.86. The van der Waals surface area contributed by atoms with E-state index >= 15 is 0 Å². The van der Waals surface area contributed by atoms with E-state index in [1.807, 2.05) is 26.8 Å². The first-order chi connectivity index (χ1) is 18.4. The average Bonchev–Trinajstić information content (AvgIpc) is 2.91. The van der Waals surface area contributed by atoms with Gasteiger partial charge in [-0.15, -0.1) is 0 Å². The summed E-state index contributed by atoms with van der Waals surface area (Å²) in [4.78, 5) is 28.2. The van der Waals surface area contributed by atoms with E-state index in [9.17, 15) is 22.4 Å². The summed E-state index contributed by atoms with van der Waals surface area (Å²) in [5.41, 5.74) is 2.18. The molecule has 0 heterocycles. The SMILES string of the molecule is CC[C@H](C)NC(=O)[C@H](C)N(Cc1ccccc1F)C(=O)CN(c1ccc(C)cc1C)S(=O)(=O)c1ccccc1. The molecular formula is C30H36FN3O4S. The second-order valence-electron chi connectivity index (χ2n) is 9.72. The Bertz CT molecular complexity index is 1410. The van der Waals surface area contributed by atoms with Crippen molar-refractivity contribution >= 4 is 27.5 Å². The van der Waals surface area contributed by atoms with Gasteiger partial charge in [0.05, 0.1) is 10.6 Å². The van der Waals surface area contributed by atoms with Crippen molar-refractivity contribution in [2.24, 2.45) is 0 Å². The molecule has 1 N–H and O–H groups in total. The van der Waals surface area contributed by atoms with Crippen molar-refractivity contribution in [1.29, 1.82) is 0 Å². The molecule has 0 aliphatic carbocycles. The normalized spacial score (nSPS) is 12.9. The van der Waals surface area contributed by atoms with Crippen molar-refractivity contribution in [1.82, 2.24) is 10.2 Å².